The van der Waals surface area contributed by atoms with E-state index >= 15 is 0 Å². The molecule has 1 heterocycles. The lowest BCUT2D eigenvalue weighted by molar-refractivity contribution is -0.207. The Balaban J connectivity index is 1.99. The van der Waals surface area contributed by atoms with E-state index in [1.165, 1.54) is 20.3 Å². The minimum Gasteiger partial charge on any atom is -0.493 e. The molecule has 2 aromatic carbocycles. The number of rotatable bonds is 5. The lowest BCUT2D eigenvalue weighted by Gasteiger charge is -2.47. The summed E-state index contributed by atoms with van der Waals surface area (Å²) in [7, 11) is 2.83. The summed E-state index contributed by atoms with van der Waals surface area (Å²) in [5.41, 5.74) is 1.02. The van der Waals surface area contributed by atoms with Crippen LogP contribution in [0.4, 0.5) is 8.78 Å². The first-order valence-electron chi connectivity index (χ1n) is 7.44. The van der Waals surface area contributed by atoms with Gasteiger partial charge in [-0.25, -0.2) is 0 Å². The molecule has 3 rings (SSSR count). The predicted molar refractivity (Wildman–Crippen MR) is 84.2 cm³/mol. The van der Waals surface area contributed by atoms with E-state index < -0.39 is 17.9 Å². The van der Waals surface area contributed by atoms with Gasteiger partial charge in [0.05, 0.1) is 14.2 Å². The Morgan fingerprint density at radius 3 is 2.38 bits per heavy atom. The number of β-lactam (4-membered cyclic amide) rings is 1. The summed E-state index contributed by atoms with van der Waals surface area (Å²) >= 11 is 0. The second kappa shape index (κ2) is 6.11. The lowest BCUT2D eigenvalue weighted by Crippen LogP contribution is -2.63. The van der Waals surface area contributed by atoms with Crippen LogP contribution in [0.25, 0.3) is 0 Å². The first-order valence-corrected chi connectivity index (χ1v) is 7.44. The summed E-state index contributed by atoms with van der Waals surface area (Å²) in [6, 6.07) is 12.4. The monoisotopic (exact) mass is 333 g/mol. The van der Waals surface area contributed by atoms with Crippen LogP contribution in [0.2, 0.25) is 0 Å². The number of hydrogen-bond acceptors (Lipinski definition) is 3. The molecule has 1 aliphatic heterocycles. The second-order valence-corrected chi connectivity index (χ2v) is 5.53. The highest BCUT2D eigenvalue weighted by molar-refractivity contribution is 5.92. The third kappa shape index (κ3) is 2.48. The molecule has 1 atom stereocenters. The van der Waals surface area contributed by atoms with Crippen molar-refractivity contribution in [1.82, 2.24) is 4.90 Å². The summed E-state index contributed by atoms with van der Waals surface area (Å²) in [6.45, 7) is 0.111. The molecular formula is C18H17F2NO3. The number of benzene rings is 2. The molecule has 2 aromatic rings. The van der Waals surface area contributed by atoms with Crippen LogP contribution in [0, 0.1) is 0 Å². The number of ether oxygens (including phenoxy) is 2. The molecule has 6 heteroatoms. The van der Waals surface area contributed by atoms with Crippen molar-refractivity contribution in [1.29, 1.82) is 0 Å². The van der Waals surface area contributed by atoms with Crippen LogP contribution in [0.15, 0.2) is 48.5 Å². The van der Waals surface area contributed by atoms with Gasteiger partial charge in [0, 0.05) is 12.1 Å². The number of carbonyl (C=O) groups is 1. The number of carbonyl (C=O) groups excluding carboxylic acids is 1. The fourth-order valence-electron chi connectivity index (χ4n) is 2.99. The number of amides is 1. The number of halogens is 2. The maximum Gasteiger partial charge on any atom is 0.348 e. The van der Waals surface area contributed by atoms with E-state index in [4.69, 9.17) is 9.47 Å². The van der Waals surface area contributed by atoms with Gasteiger partial charge in [-0.2, -0.15) is 8.78 Å². The van der Waals surface area contributed by atoms with Gasteiger partial charge in [-0.15, -0.1) is 0 Å². The van der Waals surface area contributed by atoms with Crippen LogP contribution in [-0.4, -0.2) is 30.9 Å². The van der Waals surface area contributed by atoms with Crippen molar-refractivity contribution in [2.24, 2.45) is 0 Å². The maximum absolute atomic E-state index is 14.3. The average molecular weight is 333 g/mol. The molecule has 0 unspecified atom stereocenters. The Morgan fingerprint density at radius 1 is 1.04 bits per heavy atom. The van der Waals surface area contributed by atoms with E-state index in [2.05, 4.69) is 0 Å². The highest BCUT2D eigenvalue weighted by Crippen LogP contribution is 2.51. The van der Waals surface area contributed by atoms with Gasteiger partial charge in [0.25, 0.3) is 5.91 Å². The van der Waals surface area contributed by atoms with Gasteiger partial charge in [-0.05, 0) is 11.6 Å². The third-order valence-corrected chi connectivity index (χ3v) is 4.12. The number of nitrogens with zero attached hydrogens (tertiary/aromatic N) is 1. The van der Waals surface area contributed by atoms with Gasteiger partial charge in [0.2, 0.25) is 0 Å². The van der Waals surface area contributed by atoms with Crippen LogP contribution in [0.1, 0.15) is 17.2 Å². The van der Waals surface area contributed by atoms with Gasteiger partial charge < -0.3 is 14.4 Å². The summed E-state index contributed by atoms with van der Waals surface area (Å²) in [6.07, 6.45) is 0. The number of methoxy groups -OCH3 is 2. The van der Waals surface area contributed by atoms with Crippen LogP contribution < -0.4 is 9.47 Å². The van der Waals surface area contributed by atoms with E-state index in [-0.39, 0.29) is 17.9 Å². The zero-order valence-electron chi connectivity index (χ0n) is 13.3. The molecule has 0 spiro atoms. The van der Waals surface area contributed by atoms with Crippen molar-refractivity contribution >= 4 is 5.91 Å². The van der Waals surface area contributed by atoms with E-state index in [9.17, 15) is 13.6 Å². The quantitative estimate of drug-likeness (QED) is 0.787. The zero-order chi connectivity index (χ0) is 17.3. The minimum atomic E-state index is -3.46. The SMILES string of the molecule is COc1cccc([C@H]2N(Cc3ccccc3)C(=O)C2(F)F)c1OC. The van der Waals surface area contributed by atoms with Crippen LogP contribution in [0.5, 0.6) is 11.5 Å². The molecule has 0 aliphatic carbocycles. The first-order chi connectivity index (χ1) is 11.5. The van der Waals surface area contributed by atoms with E-state index in [1.807, 2.05) is 6.07 Å². The standard InChI is InChI=1S/C18H17F2NO3/c1-23-14-10-6-9-13(15(14)24-2)16-18(19,20)17(22)21(16)11-12-7-4-3-5-8-12/h3-10,16H,11H2,1-2H3/t16-/m1/s1. The molecule has 1 aliphatic rings. The summed E-state index contributed by atoms with van der Waals surface area (Å²) in [5, 5.41) is 0. The van der Waals surface area contributed by atoms with Gasteiger partial charge in [0.15, 0.2) is 11.5 Å². The van der Waals surface area contributed by atoms with E-state index in [0.29, 0.717) is 5.75 Å². The van der Waals surface area contributed by atoms with Crippen molar-refractivity contribution < 1.29 is 23.0 Å². The molecule has 126 valence electrons. The normalized spacial score (nSPS) is 18.9. The predicted octanol–water partition coefficient (Wildman–Crippen LogP) is 3.42. The molecule has 0 aromatic heterocycles. The Kier molecular flexibility index (Phi) is 4.13. The zero-order valence-corrected chi connectivity index (χ0v) is 13.3. The average Bonchev–Trinajstić information content (AvgIpc) is 2.61. The van der Waals surface area contributed by atoms with Crippen molar-refractivity contribution in [2.45, 2.75) is 18.5 Å². The smallest absolute Gasteiger partial charge is 0.348 e. The fraction of sp³-hybridized carbons (Fsp3) is 0.278. The van der Waals surface area contributed by atoms with Crippen LogP contribution in [-0.2, 0) is 11.3 Å². The lowest BCUT2D eigenvalue weighted by atomic mass is 9.88. The summed E-state index contributed by atoms with van der Waals surface area (Å²) in [4.78, 5) is 13.1. The number of para-hydroxylation sites is 1. The molecule has 1 fully saturated rings. The number of alkyl halides is 2. The Bertz CT molecular complexity index is 749. The van der Waals surface area contributed by atoms with E-state index in [0.717, 1.165) is 10.5 Å². The second-order valence-electron chi connectivity index (χ2n) is 5.53. The molecule has 0 radical (unpaired) electrons. The molecule has 0 saturated carbocycles. The highest BCUT2D eigenvalue weighted by Gasteiger charge is 2.64. The summed E-state index contributed by atoms with van der Waals surface area (Å²) in [5.74, 6) is -4.07. The third-order valence-electron chi connectivity index (χ3n) is 4.12. The van der Waals surface area contributed by atoms with Crippen molar-refractivity contribution in [3.63, 3.8) is 0 Å². The molecule has 24 heavy (non-hydrogen) atoms. The van der Waals surface area contributed by atoms with Gasteiger partial charge >= 0.3 is 5.92 Å². The Labute approximate surface area is 138 Å². The number of likely N-dealkylation sites (tertiary alicyclic amines) is 1. The van der Waals surface area contributed by atoms with E-state index in [1.54, 1.807) is 36.4 Å². The van der Waals surface area contributed by atoms with Crippen molar-refractivity contribution in [3.05, 3.63) is 59.7 Å². The molecule has 0 N–H and O–H groups in total. The Hall–Kier alpha value is -2.63. The number of hydrogen-bond donors (Lipinski definition) is 0. The molecule has 0 bridgehead atoms. The van der Waals surface area contributed by atoms with Gasteiger partial charge in [-0.1, -0.05) is 42.5 Å². The molecule has 1 amide bonds. The molecule has 1 saturated heterocycles. The maximum atomic E-state index is 14.3. The largest absolute Gasteiger partial charge is 0.493 e. The highest BCUT2D eigenvalue weighted by atomic mass is 19.3. The Morgan fingerprint density at radius 2 is 1.75 bits per heavy atom. The van der Waals surface area contributed by atoms with Crippen molar-refractivity contribution in [3.8, 4) is 11.5 Å². The molecule has 4 nitrogen and oxygen atoms in total. The molecular weight excluding hydrogens is 316 g/mol. The topological polar surface area (TPSA) is 38.8 Å². The van der Waals surface area contributed by atoms with Crippen LogP contribution in [0.3, 0.4) is 0 Å². The van der Waals surface area contributed by atoms with Crippen molar-refractivity contribution in [2.75, 3.05) is 14.2 Å². The van der Waals surface area contributed by atoms with Gasteiger partial charge in [-0.3, -0.25) is 4.79 Å². The van der Waals surface area contributed by atoms with Crippen LogP contribution >= 0.6 is 0 Å². The summed E-state index contributed by atoms with van der Waals surface area (Å²) < 4.78 is 39.0. The minimum absolute atomic E-state index is 0.111. The first kappa shape index (κ1) is 16.2. The fourth-order valence-corrected chi connectivity index (χ4v) is 2.99. The van der Waals surface area contributed by atoms with Gasteiger partial charge in [0.1, 0.15) is 6.04 Å².